The highest BCUT2D eigenvalue weighted by Crippen LogP contribution is 2.57. The van der Waals surface area contributed by atoms with E-state index in [1.807, 2.05) is 91.0 Å². The smallest absolute Gasteiger partial charge is 0.143 e. The van der Waals surface area contributed by atoms with Gasteiger partial charge in [0.05, 0.1) is 11.2 Å². The van der Waals surface area contributed by atoms with E-state index in [-0.39, 0.29) is 0 Å². The fourth-order valence-electron chi connectivity index (χ4n) is 5.78. The molecule has 1 aromatic heterocycles. The highest BCUT2D eigenvalue weighted by atomic mass is 35.5. The number of aromatic nitrogens is 1. The molecular formula is C34H22ClNO. The lowest BCUT2D eigenvalue weighted by atomic mass is 9.79. The molecule has 5 aromatic carbocycles. The van der Waals surface area contributed by atoms with Gasteiger partial charge < -0.3 is 5.11 Å². The molecule has 176 valence electrons. The van der Waals surface area contributed by atoms with Gasteiger partial charge in [0.1, 0.15) is 5.60 Å². The minimum atomic E-state index is -1.41. The number of benzene rings is 5. The van der Waals surface area contributed by atoms with E-state index in [1.54, 1.807) is 0 Å². The van der Waals surface area contributed by atoms with Crippen LogP contribution in [0.3, 0.4) is 0 Å². The van der Waals surface area contributed by atoms with E-state index in [9.17, 15) is 5.11 Å². The SMILES string of the molecule is OC1(c2ccccc2-c2ccccc2)c2ccccc2-c2c(-c3ccccc3)nc3ccc(Cl)cc3c21. The van der Waals surface area contributed by atoms with Crippen LogP contribution in [0.4, 0.5) is 0 Å². The van der Waals surface area contributed by atoms with Crippen molar-refractivity contribution in [1.29, 1.82) is 0 Å². The summed E-state index contributed by atoms with van der Waals surface area (Å²) in [5.41, 5.74) is 7.72. The Kier molecular flexibility index (Phi) is 5.00. The first kappa shape index (κ1) is 22.0. The zero-order valence-corrected chi connectivity index (χ0v) is 20.7. The predicted octanol–water partition coefficient (Wildman–Crippen LogP) is 8.49. The topological polar surface area (TPSA) is 33.1 Å². The zero-order chi connectivity index (χ0) is 25.0. The first-order valence-corrected chi connectivity index (χ1v) is 12.7. The Bertz CT molecular complexity index is 1800. The van der Waals surface area contributed by atoms with E-state index in [0.717, 1.165) is 61.1 Å². The molecule has 0 saturated carbocycles. The molecule has 1 heterocycles. The quantitative estimate of drug-likeness (QED) is 0.267. The van der Waals surface area contributed by atoms with Crippen molar-refractivity contribution in [1.82, 2.24) is 4.98 Å². The van der Waals surface area contributed by atoms with Crippen LogP contribution in [-0.4, -0.2) is 10.1 Å². The molecule has 0 aliphatic heterocycles. The molecule has 0 radical (unpaired) electrons. The largest absolute Gasteiger partial charge is 0.376 e. The van der Waals surface area contributed by atoms with E-state index < -0.39 is 5.60 Å². The Labute approximate surface area is 220 Å². The van der Waals surface area contributed by atoms with Crippen molar-refractivity contribution >= 4 is 22.5 Å². The summed E-state index contributed by atoms with van der Waals surface area (Å²) < 4.78 is 0. The molecule has 0 fully saturated rings. The van der Waals surface area contributed by atoms with Gasteiger partial charge in [-0.15, -0.1) is 0 Å². The van der Waals surface area contributed by atoms with Crippen LogP contribution in [0, 0.1) is 0 Å². The number of fused-ring (bicyclic) bond motifs is 5. The van der Waals surface area contributed by atoms with E-state index in [1.165, 1.54) is 0 Å². The lowest BCUT2D eigenvalue weighted by Crippen LogP contribution is -2.27. The zero-order valence-electron chi connectivity index (χ0n) is 19.9. The average molecular weight is 496 g/mol. The van der Waals surface area contributed by atoms with Crippen molar-refractivity contribution in [2.24, 2.45) is 0 Å². The van der Waals surface area contributed by atoms with Gasteiger partial charge in [-0.1, -0.05) is 121 Å². The first-order valence-electron chi connectivity index (χ1n) is 12.3. The van der Waals surface area contributed by atoms with Gasteiger partial charge in [-0.05, 0) is 34.9 Å². The normalized spacial score (nSPS) is 15.9. The van der Waals surface area contributed by atoms with Crippen molar-refractivity contribution in [3.05, 3.63) is 149 Å². The fourth-order valence-corrected chi connectivity index (χ4v) is 5.95. The Balaban J connectivity index is 1.66. The number of aliphatic hydroxyl groups is 1. The summed E-state index contributed by atoms with van der Waals surface area (Å²) in [4.78, 5) is 5.13. The monoisotopic (exact) mass is 495 g/mol. The highest BCUT2D eigenvalue weighted by Gasteiger charge is 2.47. The second-order valence-electron chi connectivity index (χ2n) is 9.41. The molecule has 1 atom stereocenters. The fraction of sp³-hybridized carbons (Fsp3) is 0.0294. The van der Waals surface area contributed by atoms with Crippen LogP contribution in [-0.2, 0) is 5.60 Å². The molecule has 0 bridgehead atoms. The van der Waals surface area contributed by atoms with Crippen LogP contribution in [0.25, 0.3) is 44.4 Å². The maximum absolute atomic E-state index is 13.1. The lowest BCUT2D eigenvalue weighted by Gasteiger charge is -2.30. The molecule has 1 aliphatic rings. The number of rotatable bonds is 3. The van der Waals surface area contributed by atoms with Gasteiger partial charge in [0.15, 0.2) is 0 Å². The summed E-state index contributed by atoms with van der Waals surface area (Å²) >= 11 is 6.55. The van der Waals surface area contributed by atoms with Crippen molar-refractivity contribution < 1.29 is 5.11 Å². The molecule has 0 saturated heterocycles. The standard InChI is InChI=1S/C34H22ClNO/c35-24-19-20-30-27(21-24)32-31(33(36-30)23-13-5-2-6-14-23)26-16-8-10-18-29(26)34(32,37)28-17-9-7-15-25(28)22-11-3-1-4-12-22/h1-21,37H. The summed E-state index contributed by atoms with van der Waals surface area (Å²) in [5, 5.41) is 14.6. The van der Waals surface area contributed by atoms with Crippen LogP contribution in [0.5, 0.6) is 0 Å². The minimum absolute atomic E-state index is 0.610. The molecule has 7 rings (SSSR count). The van der Waals surface area contributed by atoms with Crippen molar-refractivity contribution in [3.8, 4) is 33.5 Å². The maximum atomic E-state index is 13.1. The molecule has 1 unspecified atom stereocenters. The van der Waals surface area contributed by atoms with Gasteiger partial charge in [-0.2, -0.15) is 0 Å². The van der Waals surface area contributed by atoms with E-state index >= 15 is 0 Å². The van der Waals surface area contributed by atoms with Gasteiger partial charge in [-0.3, -0.25) is 0 Å². The Hall–Kier alpha value is -4.24. The second-order valence-corrected chi connectivity index (χ2v) is 9.84. The molecule has 3 heteroatoms. The molecule has 1 N–H and O–H groups in total. The Morgan fingerprint density at radius 1 is 0.595 bits per heavy atom. The van der Waals surface area contributed by atoms with Gasteiger partial charge in [-0.25, -0.2) is 4.98 Å². The van der Waals surface area contributed by atoms with E-state index in [4.69, 9.17) is 16.6 Å². The highest BCUT2D eigenvalue weighted by molar-refractivity contribution is 6.31. The summed E-state index contributed by atoms with van der Waals surface area (Å²) in [6.45, 7) is 0. The number of pyridine rings is 1. The molecule has 6 aromatic rings. The van der Waals surface area contributed by atoms with Crippen LogP contribution in [0.2, 0.25) is 5.02 Å². The molecule has 0 amide bonds. The van der Waals surface area contributed by atoms with Gasteiger partial charge in [0.25, 0.3) is 0 Å². The molecule has 0 spiro atoms. The number of hydrogen-bond donors (Lipinski definition) is 1. The maximum Gasteiger partial charge on any atom is 0.143 e. The van der Waals surface area contributed by atoms with Crippen molar-refractivity contribution in [2.45, 2.75) is 5.60 Å². The third-order valence-electron chi connectivity index (χ3n) is 7.34. The van der Waals surface area contributed by atoms with Gasteiger partial charge in [0.2, 0.25) is 0 Å². The molecule has 1 aliphatic carbocycles. The number of hydrogen-bond acceptors (Lipinski definition) is 2. The molecular weight excluding hydrogens is 474 g/mol. The lowest BCUT2D eigenvalue weighted by molar-refractivity contribution is 0.133. The minimum Gasteiger partial charge on any atom is -0.376 e. The Morgan fingerprint density at radius 3 is 1.86 bits per heavy atom. The second kappa shape index (κ2) is 8.41. The summed E-state index contributed by atoms with van der Waals surface area (Å²) in [6, 6.07) is 42.4. The summed E-state index contributed by atoms with van der Waals surface area (Å²) in [5.74, 6) is 0. The summed E-state index contributed by atoms with van der Waals surface area (Å²) in [7, 11) is 0. The van der Waals surface area contributed by atoms with Crippen LogP contribution in [0.1, 0.15) is 16.7 Å². The van der Waals surface area contributed by atoms with E-state index in [2.05, 4.69) is 36.4 Å². The molecule has 37 heavy (non-hydrogen) atoms. The van der Waals surface area contributed by atoms with Gasteiger partial charge >= 0.3 is 0 Å². The number of halogens is 1. The third kappa shape index (κ3) is 3.27. The number of nitrogens with zero attached hydrogens (tertiary/aromatic N) is 1. The van der Waals surface area contributed by atoms with Crippen LogP contribution < -0.4 is 0 Å². The summed E-state index contributed by atoms with van der Waals surface area (Å²) in [6.07, 6.45) is 0. The molecule has 2 nitrogen and oxygen atoms in total. The van der Waals surface area contributed by atoms with Crippen LogP contribution >= 0.6 is 11.6 Å². The van der Waals surface area contributed by atoms with Crippen molar-refractivity contribution in [2.75, 3.05) is 0 Å². The third-order valence-corrected chi connectivity index (χ3v) is 7.58. The van der Waals surface area contributed by atoms with Gasteiger partial charge in [0, 0.05) is 38.2 Å². The predicted molar refractivity (Wildman–Crippen MR) is 152 cm³/mol. The average Bonchev–Trinajstić information content (AvgIpc) is 3.24. The Morgan fingerprint density at radius 2 is 1.16 bits per heavy atom. The first-order chi connectivity index (χ1) is 18.2. The van der Waals surface area contributed by atoms with Crippen LogP contribution in [0.15, 0.2) is 127 Å². The van der Waals surface area contributed by atoms with Crippen molar-refractivity contribution in [3.63, 3.8) is 0 Å². The van der Waals surface area contributed by atoms with E-state index in [0.29, 0.717) is 5.02 Å².